The summed E-state index contributed by atoms with van der Waals surface area (Å²) in [6, 6.07) is 15.5. The first-order chi connectivity index (χ1) is 12.6. The lowest BCUT2D eigenvalue weighted by Crippen LogP contribution is -2.33. The van der Waals surface area contributed by atoms with Crippen molar-refractivity contribution in [3.8, 4) is 11.5 Å². The molecule has 140 valence electrons. The Hall–Kier alpha value is -2.53. The van der Waals surface area contributed by atoms with Crippen LogP contribution in [0.5, 0.6) is 11.5 Å². The van der Waals surface area contributed by atoms with Crippen LogP contribution in [0.3, 0.4) is 0 Å². The summed E-state index contributed by atoms with van der Waals surface area (Å²) in [4.78, 5) is 14.3. The average Bonchev–Trinajstić information content (AvgIpc) is 2.65. The number of carbonyl (C=O) groups is 1. The van der Waals surface area contributed by atoms with E-state index in [9.17, 15) is 4.79 Å². The zero-order valence-electron chi connectivity index (χ0n) is 15.8. The largest absolute Gasteiger partial charge is 0.497 e. The summed E-state index contributed by atoms with van der Waals surface area (Å²) in [7, 11) is 1.64. The van der Waals surface area contributed by atoms with E-state index in [4.69, 9.17) is 9.47 Å². The predicted octanol–water partition coefficient (Wildman–Crippen LogP) is 3.42. The summed E-state index contributed by atoms with van der Waals surface area (Å²) >= 11 is 0. The van der Waals surface area contributed by atoms with E-state index in [2.05, 4.69) is 5.32 Å². The lowest BCUT2D eigenvalue weighted by molar-refractivity contribution is -0.118. The molecule has 0 aliphatic rings. The number of methoxy groups -OCH3 is 1. The lowest BCUT2D eigenvalue weighted by Gasteiger charge is -2.21. The van der Waals surface area contributed by atoms with Crippen molar-refractivity contribution in [2.75, 3.05) is 38.3 Å². The van der Waals surface area contributed by atoms with Gasteiger partial charge in [-0.05, 0) is 55.8 Å². The van der Waals surface area contributed by atoms with Gasteiger partial charge in [0.05, 0.1) is 7.11 Å². The second kappa shape index (κ2) is 10.5. The highest BCUT2D eigenvalue weighted by molar-refractivity contribution is 5.93. The Balaban J connectivity index is 1.67. The molecule has 0 aliphatic carbocycles. The Bertz CT molecular complexity index is 686. The van der Waals surface area contributed by atoms with Gasteiger partial charge < -0.3 is 19.7 Å². The van der Waals surface area contributed by atoms with Crippen molar-refractivity contribution in [3.05, 3.63) is 54.1 Å². The van der Waals surface area contributed by atoms with E-state index >= 15 is 0 Å². The molecule has 1 N–H and O–H groups in total. The molecule has 1 amide bonds. The lowest BCUT2D eigenvalue weighted by atomic mass is 10.2. The molecule has 0 fully saturated rings. The number of aryl methyl sites for hydroxylation is 1. The number of rotatable bonds is 10. The van der Waals surface area contributed by atoms with Crippen LogP contribution in [-0.4, -0.2) is 39.3 Å². The number of anilines is 1. The van der Waals surface area contributed by atoms with Gasteiger partial charge in [0.15, 0.2) is 0 Å². The van der Waals surface area contributed by atoms with E-state index in [1.807, 2.05) is 67.3 Å². The van der Waals surface area contributed by atoms with Crippen LogP contribution in [0.4, 0.5) is 5.69 Å². The van der Waals surface area contributed by atoms with E-state index in [-0.39, 0.29) is 5.91 Å². The van der Waals surface area contributed by atoms with Gasteiger partial charge in [-0.15, -0.1) is 0 Å². The van der Waals surface area contributed by atoms with Crippen LogP contribution in [0.2, 0.25) is 0 Å². The van der Waals surface area contributed by atoms with E-state index in [1.54, 1.807) is 7.11 Å². The van der Waals surface area contributed by atoms with Crippen molar-refractivity contribution in [3.63, 3.8) is 0 Å². The average molecular weight is 356 g/mol. The maximum absolute atomic E-state index is 12.4. The number of benzene rings is 2. The molecule has 0 saturated carbocycles. The SMILES string of the molecule is CCN(C(=O)CCNCCOc1ccc(OC)cc1)c1cccc(C)c1. The van der Waals surface area contributed by atoms with Gasteiger partial charge in [0.1, 0.15) is 18.1 Å². The number of hydrogen-bond donors (Lipinski definition) is 1. The molecular weight excluding hydrogens is 328 g/mol. The summed E-state index contributed by atoms with van der Waals surface area (Å²) in [5.41, 5.74) is 2.11. The smallest absolute Gasteiger partial charge is 0.228 e. The third kappa shape index (κ3) is 6.08. The summed E-state index contributed by atoms with van der Waals surface area (Å²) in [5, 5.41) is 3.25. The van der Waals surface area contributed by atoms with Gasteiger partial charge in [0, 0.05) is 31.7 Å². The van der Waals surface area contributed by atoms with E-state index < -0.39 is 0 Å². The Kier molecular flexibility index (Phi) is 7.96. The molecule has 2 rings (SSSR count). The molecule has 0 bridgehead atoms. The predicted molar refractivity (Wildman–Crippen MR) is 105 cm³/mol. The Labute approximate surface area is 155 Å². The molecule has 0 heterocycles. The normalized spacial score (nSPS) is 10.4. The molecule has 2 aromatic rings. The molecule has 5 heteroatoms. The molecule has 5 nitrogen and oxygen atoms in total. The van der Waals surface area contributed by atoms with Gasteiger partial charge >= 0.3 is 0 Å². The van der Waals surface area contributed by atoms with Crippen molar-refractivity contribution in [1.29, 1.82) is 0 Å². The van der Waals surface area contributed by atoms with Crippen molar-refractivity contribution < 1.29 is 14.3 Å². The second-order valence-electron chi connectivity index (χ2n) is 6.00. The van der Waals surface area contributed by atoms with Crippen LogP contribution in [0.25, 0.3) is 0 Å². The maximum atomic E-state index is 12.4. The van der Waals surface area contributed by atoms with E-state index in [1.165, 1.54) is 0 Å². The summed E-state index contributed by atoms with van der Waals surface area (Å²) in [6.07, 6.45) is 0.463. The first-order valence-electron chi connectivity index (χ1n) is 8.98. The summed E-state index contributed by atoms with van der Waals surface area (Å²) in [6.45, 7) is 6.57. The van der Waals surface area contributed by atoms with Crippen molar-refractivity contribution >= 4 is 11.6 Å². The number of carbonyl (C=O) groups excluding carboxylic acids is 1. The molecule has 0 aliphatic heterocycles. The highest BCUT2D eigenvalue weighted by Crippen LogP contribution is 2.17. The molecule has 0 radical (unpaired) electrons. The molecule has 0 unspecified atom stereocenters. The van der Waals surface area contributed by atoms with E-state index in [0.717, 1.165) is 22.7 Å². The van der Waals surface area contributed by atoms with Crippen LogP contribution < -0.4 is 19.7 Å². The molecule has 2 aromatic carbocycles. The van der Waals surface area contributed by atoms with Crippen LogP contribution >= 0.6 is 0 Å². The fourth-order valence-electron chi connectivity index (χ4n) is 2.67. The van der Waals surface area contributed by atoms with Gasteiger partial charge in [-0.3, -0.25) is 4.79 Å². The molecule has 0 aromatic heterocycles. The fraction of sp³-hybridized carbons (Fsp3) is 0.381. The van der Waals surface area contributed by atoms with Gasteiger partial charge in [0.25, 0.3) is 0 Å². The number of amides is 1. The Morgan fingerprint density at radius 2 is 1.81 bits per heavy atom. The molecular formula is C21H28N2O3. The Morgan fingerprint density at radius 1 is 1.08 bits per heavy atom. The second-order valence-corrected chi connectivity index (χ2v) is 6.00. The van der Waals surface area contributed by atoms with Gasteiger partial charge in [-0.2, -0.15) is 0 Å². The van der Waals surface area contributed by atoms with Gasteiger partial charge in [-0.1, -0.05) is 12.1 Å². The van der Waals surface area contributed by atoms with Crippen molar-refractivity contribution in [2.24, 2.45) is 0 Å². The molecule has 0 saturated heterocycles. The number of nitrogens with zero attached hydrogens (tertiary/aromatic N) is 1. The van der Waals surface area contributed by atoms with Crippen molar-refractivity contribution in [1.82, 2.24) is 5.32 Å². The minimum Gasteiger partial charge on any atom is -0.497 e. The highest BCUT2D eigenvalue weighted by Gasteiger charge is 2.13. The minimum absolute atomic E-state index is 0.127. The number of nitrogens with one attached hydrogen (secondary N) is 1. The topological polar surface area (TPSA) is 50.8 Å². The van der Waals surface area contributed by atoms with Crippen LogP contribution in [0.1, 0.15) is 18.9 Å². The fourth-order valence-corrected chi connectivity index (χ4v) is 2.67. The summed E-state index contributed by atoms with van der Waals surface area (Å²) in [5.74, 6) is 1.74. The number of hydrogen-bond acceptors (Lipinski definition) is 4. The van der Waals surface area contributed by atoms with Crippen LogP contribution in [0, 0.1) is 6.92 Å². The molecule has 0 atom stereocenters. The van der Waals surface area contributed by atoms with Crippen LogP contribution in [-0.2, 0) is 4.79 Å². The standard InChI is InChI=1S/C21H28N2O3/c1-4-23(18-7-5-6-17(2)16-18)21(24)12-13-22-14-15-26-20-10-8-19(25-3)9-11-20/h5-11,16,22H,4,12-15H2,1-3H3. The quantitative estimate of drug-likeness (QED) is 0.663. The van der Waals surface area contributed by atoms with E-state index in [0.29, 0.717) is 32.7 Å². The first-order valence-corrected chi connectivity index (χ1v) is 8.98. The van der Waals surface area contributed by atoms with Crippen molar-refractivity contribution in [2.45, 2.75) is 20.3 Å². The third-order valence-corrected chi connectivity index (χ3v) is 4.05. The first kappa shape index (κ1) is 19.8. The highest BCUT2D eigenvalue weighted by atomic mass is 16.5. The summed E-state index contributed by atoms with van der Waals surface area (Å²) < 4.78 is 10.8. The molecule has 0 spiro atoms. The minimum atomic E-state index is 0.127. The maximum Gasteiger partial charge on any atom is 0.228 e. The monoisotopic (exact) mass is 356 g/mol. The Morgan fingerprint density at radius 3 is 2.46 bits per heavy atom. The van der Waals surface area contributed by atoms with Gasteiger partial charge in [0.2, 0.25) is 5.91 Å². The van der Waals surface area contributed by atoms with Crippen LogP contribution in [0.15, 0.2) is 48.5 Å². The zero-order chi connectivity index (χ0) is 18.8. The zero-order valence-corrected chi connectivity index (χ0v) is 15.8. The number of ether oxygens (including phenoxy) is 2. The van der Waals surface area contributed by atoms with Gasteiger partial charge in [-0.25, -0.2) is 0 Å². The molecule has 26 heavy (non-hydrogen) atoms. The third-order valence-electron chi connectivity index (χ3n) is 4.05.